The summed E-state index contributed by atoms with van der Waals surface area (Å²) in [5, 5.41) is 1.88. The lowest BCUT2D eigenvalue weighted by atomic mass is 9.84. The molecule has 0 radical (unpaired) electrons. The Morgan fingerprint density at radius 1 is 0.706 bits per heavy atom. The molecular formula is C42H71O5PSi3. The molecule has 9 heteroatoms. The van der Waals surface area contributed by atoms with Crippen molar-refractivity contribution < 1.29 is 22.6 Å². The van der Waals surface area contributed by atoms with Gasteiger partial charge in [-0.05, 0) is 72.0 Å². The fraction of sp³-hybridized carbons (Fsp3) is 0.619. The summed E-state index contributed by atoms with van der Waals surface area (Å²) in [4.78, 5) is 0. The van der Waals surface area contributed by atoms with Gasteiger partial charge >= 0.3 is 0 Å². The van der Waals surface area contributed by atoms with Gasteiger partial charge in [0, 0.05) is 36.4 Å². The molecule has 0 aromatic heterocycles. The van der Waals surface area contributed by atoms with Gasteiger partial charge in [-0.25, -0.2) is 0 Å². The maximum atomic E-state index is 15.1. The maximum absolute atomic E-state index is 15.1. The minimum atomic E-state index is -2.98. The number of hydrogen-bond donors (Lipinski definition) is 0. The van der Waals surface area contributed by atoms with E-state index in [2.05, 4.69) is 108 Å². The van der Waals surface area contributed by atoms with Gasteiger partial charge in [0.1, 0.15) is 13.2 Å². The molecule has 1 aliphatic carbocycles. The van der Waals surface area contributed by atoms with E-state index in [0.29, 0.717) is 25.8 Å². The molecule has 5 nitrogen and oxygen atoms in total. The molecule has 0 bridgehead atoms. The zero-order valence-corrected chi connectivity index (χ0v) is 38.7. The number of hydrogen-bond acceptors (Lipinski definition) is 5. The van der Waals surface area contributed by atoms with Gasteiger partial charge in [0.2, 0.25) is 0 Å². The van der Waals surface area contributed by atoms with E-state index in [-0.39, 0.29) is 33.4 Å². The summed E-state index contributed by atoms with van der Waals surface area (Å²) in [5.41, 5.74) is 1.99. The van der Waals surface area contributed by atoms with Gasteiger partial charge in [0.25, 0.3) is 0 Å². The summed E-state index contributed by atoms with van der Waals surface area (Å²) in [6, 6.07) is 19.8. The molecule has 286 valence electrons. The third kappa shape index (κ3) is 10.9. The smallest absolute Gasteiger partial charge is 0.193 e. The van der Waals surface area contributed by atoms with E-state index < -0.39 is 32.1 Å². The molecular weight excluding hydrogens is 700 g/mol. The van der Waals surface area contributed by atoms with Crippen LogP contribution in [0.3, 0.4) is 0 Å². The third-order valence-electron chi connectivity index (χ3n) is 12.1. The highest BCUT2D eigenvalue weighted by Crippen LogP contribution is 2.48. The minimum Gasteiger partial charge on any atom is -0.417 e. The van der Waals surface area contributed by atoms with Gasteiger partial charge in [0.05, 0.1) is 12.2 Å². The Kier molecular flexibility index (Phi) is 14.3. The van der Waals surface area contributed by atoms with Crippen LogP contribution < -0.4 is 10.6 Å². The van der Waals surface area contributed by atoms with Gasteiger partial charge in [-0.2, -0.15) is 0 Å². The van der Waals surface area contributed by atoms with Crippen molar-refractivity contribution in [1.29, 1.82) is 0 Å². The maximum Gasteiger partial charge on any atom is 0.193 e. The van der Waals surface area contributed by atoms with E-state index in [1.54, 1.807) is 0 Å². The van der Waals surface area contributed by atoms with Crippen LogP contribution in [0, 0.1) is 0 Å². The molecule has 0 spiro atoms. The molecule has 0 unspecified atom stereocenters. The van der Waals surface area contributed by atoms with Crippen LogP contribution in [0.2, 0.25) is 54.4 Å². The summed E-state index contributed by atoms with van der Waals surface area (Å²) in [6.07, 6.45) is 3.08. The molecule has 0 amide bonds. The first-order chi connectivity index (χ1) is 23.2. The molecule has 1 saturated carbocycles. The standard InChI is InChI=1S/C42H71O5PSi3/c1-33-34(28-31-48(43,35-24-19-17-20-25-35)36-26-21-18-22-27-36)32-37(46-50(13,14)41(5,6)7)39(38(33)47-51(15,16)42(8,9)10)44-29-23-30-45-49(11,12)40(2,3)4/h17-22,24-28,37-39H,1,23,29-32H2,2-16H3/t37-,38-,39-/m1/s1. The largest absolute Gasteiger partial charge is 0.417 e. The second-order valence-corrected chi connectivity index (χ2v) is 36.3. The average Bonchev–Trinajstić information content (AvgIpc) is 3.01. The Balaban J connectivity index is 2.07. The zero-order valence-electron chi connectivity index (χ0n) is 34.8. The molecule has 2 aromatic carbocycles. The Labute approximate surface area is 315 Å². The number of ether oxygens (including phenoxy) is 1. The van der Waals surface area contributed by atoms with Gasteiger partial charge < -0.3 is 22.6 Å². The van der Waals surface area contributed by atoms with E-state index >= 15 is 4.57 Å². The summed E-state index contributed by atoms with van der Waals surface area (Å²) in [5.74, 6) is 0. The quantitative estimate of drug-likeness (QED) is 0.109. The van der Waals surface area contributed by atoms with Gasteiger partial charge in [-0.1, -0.05) is 136 Å². The van der Waals surface area contributed by atoms with E-state index in [1.807, 2.05) is 60.7 Å². The Hall–Kier alpha value is -1.36. The van der Waals surface area contributed by atoms with Crippen LogP contribution in [0.4, 0.5) is 0 Å². The van der Waals surface area contributed by atoms with Crippen LogP contribution in [0.1, 0.15) is 75.2 Å². The zero-order chi connectivity index (χ0) is 38.7. The fourth-order valence-corrected chi connectivity index (χ4v) is 11.7. The van der Waals surface area contributed by atoms with Crippen molar-refractivity contribution in [3.63, 3.8) is 0 Å². The third-order valence-corrected chi connectivity index (χ3v) is 28.6. The van der Waals surface area contributed by atoms with E-state index in [4.69, 9.17) is 24.6 Å². The lowest BCUT2D eigenvalue weighted by Crippen LogP contribution is -2.57. The summed E-state index contributed by atoms with van der Waals surface area (Å²) in [6.45, 7) is 40.3. The van der Waals surface area contributed by atoms with Gasteiger partial charge in [-0.15, -0.1) is 0 Å². The number of benzene rings is 2. The van der Waals surface area contributed by atoms with Crippen LogP contribution in [-0.4, -0.2) is 62.6 Å². The number of allylic oxidation sites excluding steroid dienone is 1. The van der Waals surface area contributed by atoms with E-state index in [9.17, 15) is 0 Å². The van der Waals surface area contributed by atoms with Crippen molar-refractivity contribution >= 4 is 42.7 Å². The monoisotopic (exact) mass is 770 g/mol. The SMILES string of the molecule is C=C1C(=CCP(=O)(c2ccccc2)c2ccccc2)C[C@@H](O[Si](C)(C)C(C)(C)C)[C@@H](OCCCO[Si](C)(C)C(C)(C)C)[C@@H]1O[Si](C)(C)C(C)(C)C. The van der Waals surface area contributed by atoms with E-state index in [0.717, 1.165) is 28.2 Å². The molecule has 3 rings (SSSR count). The Morgan fingerprint density at radius 3 is 1.61 bits per heavy atom. The molecule has 3 atom stereocenters. The second-order valence-electron chi connectivity index (χ2n) is 19.1. The first-order valence-corrected chi connectivity index (χ1v) is 29.5. The molecule has 0 N–H and O–H groups in total. The van der Waals surface area contributed by atoms with Gasteiger partial charge in [0.15, 0.2) is 25.0 Å². The van der Waals surface area contributed by atoms with Crippen molar-refractivity contribution in [3.05, 3.63) is 84.5 Å². The fourth-order valence-electron chi connectivity index (χ4n) is 5.50. The summed E-state index contributed by atoms with van der Waals surface area (Å²) >= 11 is 0. The molecule has 2 aromatic rings. The first kappa shape index (κ1) is 44.0. The van der Waals surface area contributed by atoms with Crippen LogP contribution in [-0.2, 0) is 22.6 Å². The second kappa shape index (κ2) is 16.6. The highest BCUT2D eigenvalue weighted by atomic mass is 31.2. The first-order valence-electron chi connectivity index (χ1n) is 18.9. The molecule has 0 heterocycles. The molecule has 51 heavy (non-hydrogen) atoms. The normalized spacial score (nSPS) is 21.0. The molecule has 0 aliphatic heterocycles. The predicted octanol–water partition coefficient (Wildman–Crippen LogP) is 11.5. The van der Waals surface area contributed by atoms with Crippen molar-refractivity contribution in [1.82, 2.24) is 0 Å². The lowest BCUT2D eigenvalue weighted by Gasteiger charge is -2.49. The van der Waals surface area contributed by atoms with E-state index in [1.165, 1.54) is 0 Å². The van der Waals surface area contributed by atoms with Crippen LogP contribution >= 0.6 is 7.14 Å². The van der Waals surface area contributed by atoms with Crippen LogP contribution in [0.5, 0.6) is 0 Å². The molecule has 0 saturated heterocycles. The summed E-state index contributed by atoms with van der Waals surface area (Å²) in [7, 11) is -9.35. The lowest BCUT2D eigenvalue weighted by molar-refractivity contribution is -0.0879. The van der Waals surface area contributed by atoms with Crippen molar-refractivity contribution in [2.45, 2.75) is 148 Å². The Bertz CT molecular complexity index is 1470. The van der Waals surface area contributed by atoms with Gasteiger partial charge in [-0.3, -0.25) is 0 Å². The van der Waals surface area contributed by atoms with Crippen molar-refractivity contribution in [3.8, 4) is 0 Å². The van der Waals surface area contributed by atoms with Crippen molar-refractivity contribution in [2.24, 2.45) is 0 Å². The minimum absolute atomic E-state index is 0.0116. The molecule has 1 fully saturated rings. The highest BCUT2D eigenvalue weighted by Gasteiger charge is 2.49. The average molecular weight is 771 g/mol. The predicted molar refractivity (Wildman–Crippen MR) is 228 cm³/mol. The van der Waals surface area contributed by atoms with Crippen LogP contribution in [0.25, 0.3) is 0 Å². The topological polar surface area (TPSA) is 54.0 Å². The van der Waals surface area contributed by atoms with Crippen LogP contribution in [0.15, 0.2) is 84.5 Å². The van der Waals surface area contributed by atoms with Crippen molar-refractivity contribution in [2.75, 3.05) is 19.4 Å². The highest BCUT2D eigenvalue weighted by molar-refractivity contribution is 7.78. The summed E-state index contributed by atoms with van der Waals surface area (Å²) < 4.78 is 43.1. The Morgan fingerprint density at radius 2 is 1.16 bits per heavy atom. The number of rotatable bonds is 14. The molecule has 1 aliphatic rings.